The van der Waals surface area contributed by atoms with Gasteiger partial charge in [-0.1, -0.05) is 71.9 Å². The van der Waals surface area contributed by atoms with Crippen molar-refractivity contribution >= 4 is 29.3 Å². The third-order valence-corrected chi connectivity index (χ3v) is 4.66. The van der Waals surface area contributed by atoms with Gasteiger partial charge in [0.1, 0.15) is 10.9 Å². The average molecular weight is 360 g/mol. The SMILES string of the molecule is CC(Sc1nc(-c2ccccc2Cl)c(-c2ccccc2)o1)C(=O)O. The maximum atomic E-state index is 11.1. The molecule has 3 aromatic rings. The molecule has 24 heavy (non-hydrogen) atoms. The fourth-order valence-corrected chi connectivity index (χ4v) is 3.08. The Balaban J connectivity index is 2.10. The lowest BCUT2D eigenvalue weighted by Gasteiger charge is -2.03. The minimum Gasteiger partial charge on any atom is -0.480 e. The number of carbonyl (C=O) groups is 1. The fraction of sp³-hybridized carbons (Fsp3) is 0.111. The van der Waals surface area contributed by atoms with Gasteiger partial charge in [-0.3, -0.25) is 4.79 Å². The monoisotopic (exact) mass is 359 g/mol. The average Bonchev–Trinajstić information content (AvgIpc) is 2.99. The second kappa shape index (κ2) is 7.11. The predicted molar refractivity (Wildman–Crippen MR) is 95.3 cm³/mol. The summed E-state index contributed by atoms with van der Waals surface area (Å²) in [5, 5.41) is 9.29. The van der Waals surface area contributed by atoms with Gasteiger partial charge in [-0.15, -0.1) is 0 Å². The van der Waals surface area contributed by atoms with Crippen LogP contribution in [-0.4, -0.2) is 21.3 Å². The van der Waals surface area contributed by atoms with Crippen LogP contribution in [0.1, 0.15) is 6.92 Å². The first-order valence-electron chi connectivity index (χ1n) is 7.27. The molecule has 0 saturated heterocycles. The van der Waals surface area contributed by atoms with E-state index in [2.05, 4.69) is 4.98 Å². The first-order chi connectivity index (χ1) is 11.6. The zero-order valence-corrected chi connectivity index (χ0v) is 14.3. The molecule has 1 heterocycles. The van der Waals surface area contributed by atoms with Gasteiger partial charge in [-0.25, -0.2) is 4.98 Å². The first-order valence-corrected chi connectivity index (χ1v) is 8.52. The van der Waals surface area contributed by atoms with Crippen LogP contribution in [0.15, 0.2) is 64.2 Å². The summed E-state index contributed by atoms with van der Waals surface area (Å²) >= 11 is 7.36. The highest BCUT2D eigenvalue weighted by atomic mass is 35.5. The van der Waals surface area contributed by atoms with Crippen LogP contribution in [0.25, 0.3) is 22.6 Å². The Morgan fingerprint density at radius 2 is 1.83 bits per heavy atom. The molecule has 122 valence electrons. The second-order valence-electron chi connectivity index (χ2n) is 5.10. The Morgan fingerprint density at radius 3 is 2.50 bits per heavy atom. The number of benzene rings is 2. The maximum absolute atomic E-state index is 11.1. The van der Waals surface area contributed by atoms with Gasteiger partial charge in [-0.05, 0) is 13.0 Å². The number of carboxylic acids is 1. The van der Waals surface area contributed by atoms with Crippen LogP contribution in [-0.2, 0) is 4.79 Å². The Morgan fingerprint density at radius 1 is 1.17 bits per heavy atom. The van der Waals surface area contributed by atoms with Crippen LogP contribution in [0.5, 0.6) is 0 Å². The molecular weight excluding hydrogens is 346 g/mol. The van der Waals surface area contributed by atoms with E-state index in [0.717, 1.165) is 22.9 Å². The zero-order valence-electron chi connectivity index (χ0n) is 12.8. The Labute approximate surface area is 148 Å². The van der Waals surface area contributed by atoms with E-state index in [1.807, 2.05) is 48.5 Å². The molecule has 4 nitrogen and oxygen atoms in total. The third-order valence-electron chi connectivity index (χ3n) is 3.40. The normalized spacial score (nSPS) is 12.1. The molecule has 1 N–H and O–H groups in total. The maximum Gasteiger partial charge on any atom is 0.316 e. The Kier molecular flexibility index (Phi) is 4.92. The molecule has 0 aliphatic rings. The predicted octanol–water partition coefficient (Wildman–Crippen LogP) is 5.23. The molecule has 0 bridgehead atoms. The molecule has 0 amide bonds. The number of hydrogen-bond acceptors (Lipinski definition) is 4. The minimum atomic E-state index is -0.918. The molecular formula is C18H14ClNO3S. The van der Waals surface area contributed by atoms with E-state index < -0.39 is 11.2 Å². The summed E-state index contributed by atoms with van der Waals surface area (Å²) in [7, 11) is 0. The Bertz CT molecular complexity index is 864. The largest absolute Gasteiger partial charge is 0.480 e. The van der Waals surface area contributed by atoms with Gasteiger partial charge < -0.3 is 9.52 Å². The summed E-state index contributed by atoms with van der Waals surface area (Å²) in [6, 6.07) is 16.9. The number of halogens is 1. The number of oxazole rings is 1. The van der Waals surface area contributed by atoms with Crippen molar-refractivity contribution in [2.75, 3.05) is 0 Å². The second-order valence-corrected chi connectivity index (χ2v) is 6.80. The molecule has 0 aliphatic carbocycles. The van der Waals surface area contributed by atoms with E-state index in [0.29, 0.717) is 21.7 Å². The summed E-state index contributed by atoms with van der Waals surface area (Å²) in [6.45, 7) is 1.59. The molecule has 0 saturated carbocycles. The summed E-state index contributed by atoms with van der Waals surface area (Å²) in [4.78, 5) is 15.6. The number of rotatable bonds is 5. The standard InChI is InChI=1S/C18H14ClNO3S/c1-11(17(21)22)24-18-20-15(13-9-5-6-10-14(13)19)16(23-18)12-7-3-2-4-8-12/h2-11H,1H3,(H,21,22). The van der Waals surface area contributed by atoms with Crippen molar-refractivity contribution < 1.29 is 14.3 Å². The highest BCUT2D eigenvalue weighted by Gasteiger charge is 2.22. The summed E-state index contributed by atoms with van der Waals surface area (Å²) in [5.74, 6) is -0.345. The van der Waals surface area contributed by atoms with E-state index in [4.69, 9.17) is 21.1 Å². The van der Waals surface area contributed by atoms with Crippen molar-refractivity contribution in [1.82, 2.24) is 4.98 Å². The smallest absolute Gasteiger partial charge is 0.316 e. The van der Waals surface area contributed by atoms with Crippen LogP contribution < -0.4 is 0 Å². The van der Waals surface area contributed by atoms with Gasteiger partial charge in [0.25, 0.3) is 5.22 Å². The lowest BCUT2D eigenvalue weighted by molar-refractivity contribution is -0.136. The molecule has 2 aromatic carbocycles. The molecule has 0 aliphatic heterocycles. The number of thioether (sulfide) groups is 1. The molecule has 0 spiro atoms. The molecule has 6 heteroatoms. The minimum absolute atomic E-state index is 0.304. The van der Waals surface area contributed by atoms with Crippen molar-refractivity contribution in [3.05, 3.63) is 59.6 Å². The van der Waals surface area contributed by atoms with Crippen LogP contribution >= 0.6 is 23.4 Å². The quantitative estimate of drug-likeness (QED) is 0.632. The molecule has 1 aromatic heterocycles. The first kappa shape index (κ1) is 16.6. The number of nitrogens with zero attached hydrogens (tertiary/aromatic N) is 1. The lowest BCUT2D eigenvalue weighted by Crippen LogP contribution is -2.10. The van der Waals surface area contributed by atoms with Crippen molar-refractivity contribution in [3.63, 3.8) is 0 Å². The van der Waals surface area contributed by atoms with Crippen LogP contribution in [0, 0.1) is 0 Å². The van der Waals surface area contributed by atoms with Gasteiger partial charge >= 0.3 is 5.97 Å². The van der Waals surface area contributed by atoms with E-state index in [1.54, 1.807) is 13.0 Å². The van der Waals surface area contributed by atoms with Gasteiger partial charge in [0, 0.05) is 11.1 Å². The molecule has 0 fully saturated rings. The third kappa shape index (κ3) is 3.47. The van der Waals surface area contributed by atoms with Crippen molar-refractivity contribution in [1.29, 1.82) is 0 Å². The highest BCUT2D eigenvalue weighted by molar-refractivity contribution is 8.00. The van der Waals surface area contributed by atoms with Gasteiger partial charge in [0.05, 0.1) is 5.02 Å². The van der Waals surface area contributed by atoms with Crippen molar-refractivity contribution in [2.45, 2.75) is 17.4 Å². The lowest BCUT2D eigenvalue weighted by atomic mass is 10.1. The summed E-state index contributed by atoms with van der Waals surface area (Å²) in [5.41, 5.74) is 2.21. The van der Waals surface area contributed by atoms with Gasteiger partial charge in [0.15, 0.2) is 5.76 Å². The van der Waals surface area contributed by atoms with Crippen molar-refractivity contribution in [3.8, 4) is 22.6 Å². The van der Waals surface area contributed by atoms with Gasteiger partial charge in [-0.2, -0.15) is 0 Å². The molecule has 1 atom stereocenters. The summed E-state index contributed by atoms with van der Waals surface area (Å²) < 4.78 is 5.86. The van der Waals surface area contributed by atoms with Crippen LogP contribution in [0.4, 0.5) is 0 Å². The molecule has 3 rings (SSSR count). The molecule has 1 unspecified atom stereocenters. The zero-order chi connectivity index (χ0) is 17.1. The topological polar surface area (TPSA) is 63.3 Å². The highest BCUT2D eigenvalue weighted by Crippen LogP contribution is 2.39. The number of carboxylic acid groups (broad SMARTS) is 1. The molecule has 0 radical (unpaired) electrons. The van der Waals surface area contributed by atoms with E-state index in [9.17, 15) is 4.79 Å². The number of aromatic nitrogens is 1. The van der Waals surface area contributed by atoms with Gasteiger partial charge in [0.2, 0.25) is 0 Å². The summed E-state index contributed by atoms with van der Waals surface area (Å²) in [6.07, 6.45) is 0. The Hall–Kier alpha value is -2.24. The number of aliphatic carboxylic acids is 1. The van der Waals surface area contributed by atoms with Crippen molar-refractivity contribution in [2.24, 2.45) is 0 Å². The van der Waals surface area contributed by atoms with Crippen LogP contribution in [0.3, 0.4) is 0 Å². The van der Waals surface area contributed by atoms with Crippen LogP contribution in [0.2, 0.25) is 5.02 Å². The van der Waals surface area contributed by atoms with E-state index in [-0.39, 0.29) is 0 Å². The van der Waals surface area contributed by atoms with E-state index in [1.165, 1.54) is 0 Å². The van der Waals surface area contributed by atoms with E-state index >= 15 is 0 Å². The fourth-order valence-electron chi connectivity index (χ4n) is 2.17. The number of hydrogen-bond donors (Lipinski definition) is 1.